The topological polar surface area (TPSA) is 63.2 Å². The van der Waals surface area contributed by atoms with Crippen LogP contribution in [0.5, 0.6) is 5.75 Å². The zero-order chi connectivity index (χ0) is 17.6. The number of ether oxygens (including phenoxy) is 1. The number of fused-ring (bicyclic) bond motifs is 2. The molecular formula is C20H19N2O3+. The van der Waals surface area contributed by atoms with Crippen LogP contribution in [0.2, 0.25) is 0 Å². The lowest BCUT2D eigenvalue weighted by molar-refractivity contribution is -0.625. The Kier molecular flexibility index (Phi) is 3.66. The smallest absolute Gasteiger partial charge is 0.262 e. The van der Waals surface area contributed by atoms with Crippen molar-refractivity contribution in [2.75, 3.05) is 27.2 Å². The minimum absolute atomic E-state index is 0.227. The molecule has 5 nitrogen and oxygen atoms in total. The lowest BCUT2D eigenvalue weighted by Crippen LogP contribution is -2.81. The number of hydrogen-bond acceptors (Lipinski definition) is 3. The molecule has 1 heterocycles. The first-order valence-electron chi connectivity index (χ1n) is 8.34. The highest BCUT2D eigenvalue weighted by Gasteiger charge is 2.34. The Morgan fingerprint density at radius 3 is 2.60 bits per heavy atom. The van der Waals surface area contributed by atoms with Crippen LogP contribution in [0, 0.1) is 0 Å². The molecule has 3 aromatic carbocycles. The van der Waals surface area contributed by atoms with Crippen molar-refractivity contribution < 1.29 is 19.6 Å². The molecule has 5 heteroatoms. The molecule has 2 amide bonds. The maximum atomic E-state index is 13.2. The number of quaternary nitrogens is 1. The Balaban J connectivity index is 2.11. The maximum absolute atomic E-state index is 13.2. The Morgan fingerprint density at radius 1 is 1.04 bits per heavy atom. The Labute approximate surface area is 145 Å². The summed E-state index contributed by atoms with van der Waals surface area (Å²) < 4.78 is 5.48. The van der Waals surface area contributed by atoms with E-state index in [4.69, 9.17) is 4.74 Å². The van der Waals surface area contributed by atoms with Crippen LogP contribution in [0.3, 0.4) is 0 Å². The normalized spacial score (nSPS) is 13.8. The molecule has 4 rings (SSSR count). The number of amides is 2. The molecule has 0 unspecified atom stereocenters. The Morgan fingerprint density at radius 2 is 1.84 bits per heavy atom. The van der Waals surface area contributed by atoms with Gasteiger partial charge in [-0.2, -0.15) is 0 Å². The van der Waals surface area contributed by atoms with Gasteiger partial charge < -0.3 is 10.1 Å². The van der Waals surface area contributed by atoms with Crippen LogP contribution in [0.15, 0.2) is 42.5 Å². The van der Waals surface area contributed by atoms with Crippen LogP contribution >= 0.6 is 0 Å². The summed E-state index contributed by atoms with van der Waals surface area (Å²) in [6.07, 6.45) is 0. The predicted octanol–water partition coefficient (Wildman–Crippen LogP) is 1.79. The van der Waals surface area contributed by atoms with Crippen LogP contribution in [-0.2, 0) is 0 Å². The molecule has 3 aromatic rings. The van der Waals surface area contributed by atoms with Crippen LogP contribution in [0.4, 0.5) is 0 Å². The third-order valence-electron chi connectivity index (χ3n) is 4.78. The van der Waals surface area contributed by atoms with E-state index in [1.807, 2.05) is 42.7 Å². The number of likely N-dealkylation sites (N-methyl/N-ethyl adjacent to an activating group) is 1. The van der Waals surface area contributed by atoms with E-state index in [1.54, 1.807) is 19.2 Å². The minimum Gasteiger partial charge on any atom is -0.496 e. The summed E-state index contributed by atoms with van der Waals surface area (Å²) in [5.41, 5.74) is 1.16. The van der Waals surface area contributed by atoms with Gasteiger partial charge in [0.15, 0.2) is 0 Å². The molecule has 0 saturated carbocycles. The molecule has 0 fully saturated rings. The maximum Gasteiger partial charge on any atom is 0.262 e. The third-order valence-corrected chi connectivity index (χ3v) is 4.78. The van der Waals surface area contributed by atoms with Gasteiger partial charge in [-0.15, -0.1) is 0 Å². The molecule has 0 radical (unpaired) electrons. The van der Waals surface area contributed by atoms with Crippen molar-refractivity contribution in [3.05, 3.63) is 53.6 Å². The fourth-order valence-electron chi connectivity index (χ4n) is 3.57. The standard InChI is InChI=1S/C20H18N2O3/c1-21-9-10-22-19(23)14-7-8-16(25-2)15-11-12-5-3-4-6-13(12)18(17(14)15)20(22)24/h3-8,11,21H,9-10H2,1-2H3/p+1. The second-order valence-corrected chi connectivity index (χ2v) is 6.17. The number of imide groups is 1. The van der Waals surface area contributed by atoms with Gasteiger partial charge in [-0.3, -0.25) is 14.5 Å². The minimum atomic E-state index is -0.234. The number of hydrogen-bond donors (Lipinski definition) is 1. The molecule has 0 bridgehead atoms. The molecule has 0 aromatic heterocycles. The fourth-order valence-corrected chi connectivity index (χ4v) is 3.57. The summed E-state index contributed by atoms with van der Waals surface area (Å²) in [6.45, 7) is 1.07. The van der Waals surface area contributed by atoms with E-state index in [0.29, 0.717) is 35.4 Å². The van der Waals surface area contributed by atoms with Crippen molar-refractivity contribution in [1.29, 1.82) is 0 Å². The summed E-state index contributed by atoms with van der Waals surface area (Å²) in [6, 6.07) is 13.3. The first-order chi connectivity index (χ1) is 12.2. The van der Waals surface area contributed by atoms with Crippen molar-refractivity contribution in [3.8, 4) is 5.75 Å². The lowest BCUT2D eigenvalue weighted by Gasteiger charge is -2.28. The summed E-state index contributed by atoms with van der Waals surface area (Å²) in [5, 5.41) is 5.29. The molecule has 0 atom stereocenters. The van der Waals surface area contributed by atoms with E-state index in [9.17, 15) is 9.59 Å². The number of carbonyl (C=O) groups excluding carboxylic acids is 2. The second-order valence-electron chi connectivity index (χ2n) is 6.17. The molecule has 1 aliphatic heterocycles. The third kappa shape index (κ3) is 2.20. The monoisotopic (exact) mass is 335 g/mol. The van der Waals surface area contributed by atoms with Crippen LogP contribution < -0.4 is 10.1 Å². The van der Waals surface area contributed by atoms with Crippen molar-refractivity contribution in [3.63, 3.8) is 0 Å². The second kappa shape index (κ2) is 5.86. The van der Waals surface area contributed by atoms with Gasteiger partial charge in [-0.1, -0.05) is 24.3 Å². The zero-order valence-electron chi connectivity index (χ0n) is 14.2. The lowest BCUT2D eigenvalue weighted by atomic mass is 9.89. The molecule has 2 N–H and O–H groups in total. The summed E-state index contributed by atoms with van der Waals surface area (Å²) in [7, 11) is 3.52. The number of carbonyl (C=O) groups is 2. The summed E-state index contributed by atoms with van der Waals surface area (Å²) in [4.78, 5) is 27.4. The van der Waals surface area contributed by atoms with Gasteiger partial charge in [0, 0.05) is 16.3 Å². The Bertz CT molecular complexity index is 1030. The number of nitrogens with zero attached hydrogens (tertiary/aromatic N) is 1. The summed E-state index contributed by atoms with van der Waals surface area (Å²) in [5.74, 6) is 0.207. The van der Waals surface area contributed by atoms with Crippen molar-refractivity contribution in [1.82, 2.24) is 4.90 Å². The average molecular weight is 335 g/mol. The van der Waals surface area contributed by atoms with E-state index in [2.05, 4.69) is 0 Å². The van der Waals surface area contributed by atoms with Crippen molar-refractivity contribution >= 4 is 33.4 Å². The van der Waals surface area contributed by atoms with Gasteiger partial charge in [-0.25, -0.2) is 0 Å². The number of nitrogens with two attached hydrogens (primary N) is 1. The van der Waals surface area contributed by atoms with E-state index >= 15 is 0 Å². The van der Waals surface area contributed by atoms with E-state index in [0.717, 1.165) is 16.2 Å². The Hall–Kier alpha value is -2.92. The van der Waals surface area contributed by atoms with Gasteiger partial charge in [0.05, 0.1) is 32.8 Å². The molecule has 0 aliphatic carbocycles. The first kappa shape index (κ1) is 15.6. The fraction of sp³-hybridized carbons (Fsp3) is 0.200. The van der Waals surface area contributed by atoms with Gasteiger partial charge >= 0.3 is 0 Å². The highest BCUT2D eigenvalue weighted by atomic mass is 16.5. The molecule has 126 valence electrons. The SMILES string of the molecule is C[NH2+]CCN1C(=O)c2ccc(OC)c3cc4ccccc4c(c23)C1=O. The van der Waals surface area contributed by atoms with Gasteiger partial charge in [-0.05, 0) is 29.0 Å². The molecule has 0 saturated heterocycles. The number of methoxy groups -OCH3 is 1. The predicted molar refractivity (Wildman–Crippen MR) is 96.1 cm³/mol. The van der Waals surface area contributed by atoms with Crippen molar-refractivity contribution in [2.45, 2.75) is 0 Å². The van der Waals surface area contributed by atoms with Crippen molar-refractivity contribution in [2.24, 2.45) is 0 Å². The highest BCUT2D eigenvalue weighted by Crippen LogP contribution is 2.39. The summed E-state index contributed by atoms with van der Waals surface area (Å²) >= 11 is 0. The van der Waals surface area contributed by atoms with Crippen LogP contribution in [0.25, 0.3) is 21.5 Å². The zero-order valence-corrected chi connectivity index (χ0v) is 14.2. The quantitative estimate of drug-likeness (QED) is 0.584. The largest absolute Gasteiger partial charge is 0.496 e. The van der Waals surface area contributed by atoms with E-state index < -0.39 is 0 Å². The molecule has 25 heavy (non-hydrogen) atoms. The van der Waals surface area contributed by atoms with Gasteiger partial charge in [0.25, 0.3) is 11.8 Å². The highest BCUT2D eigenvalue weighted by molar-refractivity contribution is 6.31. The number of rotatable bonds is 4. The molecule has 1 aliphatic rings. The average Bonchev–Trinajstić information content (AvgIpc) is 2.64. The van der Waals surface area contributed by atoms with Crippen LogP contribution in [0.1, 0.15) is 20.7 Å². The van der Waals surface area contributed by atoms with E-state index in [-0.39, 0.29) is 11.8 Å². The molecular weight excluding hydrogens is 316 g/mol. The number of benzene rings is 3. The van der Waals surface area contributed by atoms with Gasteiger partial charge in [0.1, 0.15) is 5.75 Å². The van der Waals surface area contributed by atoms with Crippen LogP contribution in [-0.4, -0.2) is 44.0 Å². The molecule has 0 spiro atoms. The van der Waals surface area contributed by atoms with Gasteiger partial charge in [0.2, 0.25) is 0 Å². The van der Waals surface area contributed by atoms with E-state index in [1.165, 1.54) is 4.90 Å². The first-order valence-corrected chi connectivity index (χ1v) is 8.34.